The lowest BCUT2D eigenvalue weighted by Crippen LogP contribution is -2.29. The number of hydrogen-bond donors (Lipinski definition) is 3. The summed E-state index contributed by atoms with van der Waals surface area (Å²) in [6, 6.07) is 8.07. The quantitative estimate of drug-likeness (QED) is 0.589. The van der Waals surface area contributed by atoms with Crippen molar-refractivity contribution >= 4 is 22.6 Å². The summed E-state index contributed by atoms with van der Waals surface area (Å²) in [4.78, 5) is 19.1. The van der Waals surface area contributed by atoms with Gasteiger partial charge in [0, 0.05) is 30.2 Å². The molecule has 0 saturated carbocycles. The third kappa shape index (κ3) is 4.39. The molecule has 5 nitrogen and oxygen atoms in total. The lowest BCUT2D eigenvalue weighted by atomic mass is 10.1. The number of aromatic nitrogens is 2. The van der Waals surface area contributed by atoms with Crippen LogP contribution in [0.1, 0.15) is 27.2 Å². The molecule has 0 fully saturated rings. The minimum absolute atomic E-state index is 0.245. The highest BCUT2D eigenvalue weighted by Crippen LogP contribution is 2.28. The van der Waals surface area contributed by atoms with Gasteiger partial charge < -0.3 is 15.6 Å². The van der Waals surface area contributed by atoms with Crippen LogP contribution < -0.4 is 10.6 Å². The first-order chi connectivity index (χ1) is 12.7. The fraction of sp³-hybridized carbons (Fsp3) is 0.263. The predicted octanol–water partition coefficient (Wildman–Crippen LogP) is 4.04. The molecule has 3 N–H and O–H groups in total. The number of aryl methyl sites for hydroxylation is 2. The number of rotatable bonds is 5. The van der Waals surface area contributed by atoms with Gasteiger partial charge in [-0.2, -0.15) is 13.2 Å². The van der Waals surface area contributed by atoms with Crippen molar-refractivity contribution in [3.05, 3.63) is 58.9 Å². The van der Waals surface area contributed by atoms with Gasteiger partial charge in [-0.25, -0.2) is 4.98 Å². The summed E-state index contributed by atoms with van der Waals surface area (Å²) >= 11 is 0. The molecule has 0 bridgehead atoms. The van der Waals surface area contributed by atoms with E-state index in [4.69, 9.17) is 0 Å². The first-order valence-electron chi connectivity index (χ1n) is 8.39. The van der Waals surface area contributed by atoms with Crippen LogP contribution in [0.5, 0.6) is 0 Å². The highest BCUT2D eigenvalue weighted by Gasteiger charge is 2.30. The summed E-state index contributed by atoms with van der Waals surface area (Å²) in [5, 5.41) is 6.63. The Morgan fingerprint density at radius 3 is 2.59 bits per heavy atom. The number of benzene rings is 1. The Balaban J connectivity index is 1.53. The highest BCUT2D eigenvalue weighted by molar-refractivity contribution is 5.99. The Labute approximate surface area is 154 Å². The Bertz CT molecular complexity index is 961. The lowest BCUT2D eigenvalue weighted by molar-refractivity contribution is -0.137. The number of fused-ring (bicyclic) bond motifs is 1. The molecule has 0 atom stereocenters. The van der Waals surface area contributed by atoms with E-state index in [2.05, 4.69) is 26.7 Å². The standard InChI is InChI=1S/C19H19F3N4O/c1-11-7-12(2)14-9-16(26-15(14)8-11)18(27)24-6-5-23-17-4-3-13(10-25-17)19(20,21)22/h3-4,7-10,26H,5-6H2,1-2H3,(H,23,25)(H,24,27). The molecule has 142 valence electrons. The van der Waals surface area contributed by atoms with Gasteiger partial charge in [0.2, 0.25) is 0 Å². The predicted molar refractivity (Wildman–Crippen MR) is 97.8 cm³/mol. The van der Waals surface area contributed by atoms with Gasteiger partial charge in [-0.3, -0.25) is 4.79 Å². The SMILES string of the molecule is Cc1cc(C)c2cc(C(=O)NCCNc3ccc(C(F)(F)F)cn3)[nH]c2c1. The van der Waals surface area contributed by atoms with Crippen LogP contribution in [0.4, 0.5) is 19.0 Å². The number of carbonyl (C=O) groups is 1. The fourth-order valence-corrected chi connectivity index (χ4v) is 2.85. The average Bonchev–Trinajstić information content (AvgIpc) is 3.02. The summed E-state index contributed by atoms with van der Waals surface area (Å²) in [6.45, 7) is 4.62. The van der Waals surface area contributed by atoms with E-state index in [1.54, 1.807) is 0 Å². The van der Waals surface area contributed by atoms with Crippen molar-refractivity contribution in [2.45, 2.75) is 20.0 Å². The zero-order chi connectivity index (χ0) is 19.6. The first-order valence-corrected chi connectivity index (χ1v) is 8.39. The highest BCUT2D eigenvalue weighted by atomic mass is 19.4. The van der Waals surface area contributed by atoms with Gasteiger partial charge in [0.05, 0.1) is 5.56 Å². The average molecular weight is 376 g/mol. The van der Waals surface area contributed by atoms with E-state index < -0.39 is 11.7 Å². The molecular formula is C19H19F3N4O. The van der Waals surface area contributed by atoms with Crippen LogP contribution in [-0.4, -0.2) is 29.0 Å². The third-order valence-electron chi connectivity index (χ3n) is 4.14. The van der Waals surface area contributed by atoms with Crippen molar-refractivity contribution in [3.8, 4) is 0 Å². The Kier molecular flexibility index (Phi) is 5.07. The van der Waals surface area contributed by atoms with Crippen molar-refractivity contribution in [2.75, 3.05) is 18.4 Å². The van der Waals surface area contributed by atoms with E-state index in [-0.39, 0.29) is 5.91 Å². The maximum atomic E-state index is 12.5. The second kappa shape index (κ2) is 7.30. The van der Waals surface area contributed by atoms with Gasteiger partial charge in [0.1, 0.15) is 11.5 Å². The summed E-state index contributed by atoms with van der Waals surface area (Å²) < 4.78 is 37.5. The second-order valence-electron chi connectivity index (χ2n) is 6.34. The molecule has 27 heavy (non-hydrogen) atoms. The number of nitrogens with zero attached hydrogens (tertiary/aromatic N) is 1. The molecule has 3 rings (SSSR count). The van der Waals surface area contributed by atoms with E-state index in [0.717, 1.165) is 34.3 Å². The normalized spacial score (nSPS) is 11.6. The fourth-order valence-electron chi connectivity index (χ4n) is 2.85. The van der Waals surface area contributed by atoms with Crippen LogP contribution in [0, 0.1) is 13.8 Å². The number of carbonyl (C=O) groups excluding carboxylic acids is 1. The van der Waals surface area contributed by atoms with Gasteiger partial charge in [-0.1, -0.05) is 6.07 Å². The van der Waals surface area contributed by atoms with Crippen LogP contribution in [0.2, 0.25) is 0 Å². The number of anilines is 1. The summed E-state index contributed by atoms with van der Waals surface area (Å²) in [7, 11) is 0. The maximum absolute atomic E-state index is 12.5. The number of amides is 1. The summed E-state index contributed by atoms with van der Waals surface area (Å²) in [6.07, 6.45) is -3.63. The molecule has 0 radical (unpaired) electrons. The summed E-state index contributed by atoms with van der Waals surface area (Å²) in [5.41, 5.74) is 2.78. The molecule has 2 heterocycles. The molecule has 0 saturated heterocycles. The van der Waals surface area contributed by atoms with Crippen LogP contribution in [0.15, 0.2) is 36.5 Å². The van der Waals surface area contributed by atoms with E-state index in [0.29, 0.717) is 24.6 Å². The molecule has 8 heteroatoms. The van der Waals surface area contributed by atoms with E-state index in [9.17, 15) is 18.0 Å². The number of halogens is 3. The molecule has 0 aliphatic heterocycles. The number of H-pyrrole nitrogens is 1. The number of aromatic amines is 1. The van der Waals surface area contributed by atoms with Crippen LogP contribution in [-0.2, 0) is 6.18 Å². The van der Waals surface area contributed by atoms with Crippen molar-refractivity contribution in [3.63, 3.8) is 0 Å². The largest absolute Gasteiger partial charge is 0.417 e. The van der Waals surface area contributed by atoms with E-state index in [1.807, 2.05) is 26.0 Å². The molecular weight excluding hydrogens is 357 g/mol. The third-order valence-corrected chi connectivity index (χ3v) is 4.14. The van der Waals surface area contributed by atoms with Gasteiger partial charge in [0.25, 0.3) is 5.91 Å². The van der Waals surface area contributed by atoms with E-state index >= 15 is 0 Å². The molecule has 1 aromatic carbocycles. The maximum Gasteiger partial charge on any atom is 0.417 e. The number of alkyl halides is 3. The number of pyridine rings is 1. The molecule has 3 aromatic rings. The van der Waals surface area contributed by atoms with Gasteiger partial charge in [-0.05, 0) is 49.2 Å². The molecule has 0 spiro atoms. The monoisotopic (exact) mass is 376 g/mol. The number of nitrogens with one attached hydrogen (secondary N) is 3. The Hall–Kier alpha value is -3.03. The van der Waals surface area contributed by atoms with E-state index in [1.165, 1.54) is 6.07 Å². The molecule has 0 aliphatic rings. The van der Waals surface area contributed by atoms with Crippen LogP contribution >= 0.6 is 0 Å². The van der Waals surface area contributed by atoms with Crippen LogP contribution in [0.3, 0.4) is 0 Å². The summed E-state index contributed by atoms with van der Waals surface area (Å²) in [5.74, 6) is 0.0689. The minimum Gasteiger partial charge on any atom is -0.368 e. The number of hydrogen-bond acceptors (Lipinski definition) is 3. The lowest BCUT2D eigenvalue weighted by Gasteiger charge is -2.09. The smallest absolute Gasteiger partial charge is 0.368 e. The molecule has 2 aromatic heterocycles. The molecule has 0 unspecified atom stereocenters. The molecule has 1 amide bonds. The van der Waals surface area contributed by atoms with Gasteiger partial charge in [-0.15, -0.1) is 0 Å². The van der Waals surface area contributed by atoms with Gasteiger partial charge in [0.15, 0.2) is 0 Å². The Morgan fingerprint density at radius 1 is 1.15 bits per heavy atom. The van der Waals surface area contributed by atoms with Crippen LogP contribution in [0.25, 0.3) is 10.9 Å². The topological polar surface area (TPSA) is 69.8 Å². The minimum atomic E-state index is -4.41. The zero-order valence-corrected chi connectivity index (χ0v) is 14.9. The van der Waals surface area contributed by atoms with Crippen molar-refractivity contribution in [1.82, 2.24) is 15.3 Å². The van der Waals surface area contributed by atoms with Crippen molar-refractivity contribution in [2.24, 2.45) is 0 Å². The first kappa shape index (κ1) is 18.8. The van der Waals surface area contributed by atoms with Gasteiger partial charge >= 0.3 is 6.18 Å². The van der Waals surface area contributed by atoms with Crippen molar-refractivity contribution < 1.29 is 18.0 Å². The van der Waals surface area contributed by atoms with Crippen molar-refractivity contribution in [1.29, 1.82) is 0 Å². The second-order valence-corrected chi connectivity index (χ2v) is 6.34. The molecule has 0 aliphatic carbocycles. The zero-order valence-electron chi connectivity index (χ0n) is 14.9. The Morgan fingerprint density at radius 2 is 1.93 bits per heavy atom.